The molecule has 3 nitrogen and oxygen atoms in total. The lowest BCUT2D eigenvalue weighted by Crippen LogP contribution is -2.33. The van der Waals surface area contributed by atoms with Crippen molar-refractivity contribution in [1.82, 2.24) is 9.97 Å². The molecule has 0 aliphatic rings. The molecule has 3 aromatic rings. The van der Waals surface area contributed by atoms with Crippen LogP contribution in [0.3, 0.4) is 0 Å². The fourth-order valence-corrected chi connectivity index (χ4v) is 2.05. The van der Waals surface area contributed by atoms with Gasteiger partial charge in [0.15, 0.2) is 18.9 Å². The molecule has 0 aliphatic carbocycles. The fourth-order valence-electron chi connectivity index (χ4n) is 2.05. The predicted octanol–water partition coefficient (Wildman–Crippen LogP) is 2.98. The minimum Gasteiger partial charge on any atom is -0.265 e. The zero-order chi connectivity index (χ0) is 14.3. The molecule has 0 saturated heterocycles. The van der Waals surface area contributed by atoms with Crippen LogP contribution in [0, 0.1) is 0 Å². The topological polar surface area (TPSA) is 29.7 Å². The van der Waals surface area contributed by atoms with Gasteiger partial charge in [0.25, 0.3) is 0 Å². The summed E-state index contributed by atoms with van der Waals surface area (Å²) < 4.78 is 2.15. The molecule has 0 aromatic carbocycles. The Morgan fingerprint density at radius 1 is 0.714 bits per heavy atom. The van der Waals surface area contributed by atoms with Crippen molar-refractivity contribution in [1.29, 1.82) is 0 Å². The summed E-state index contributed by atoms with van der Waals surface area (Å²) in [5.74, 6) is 0. The SMILES string of the molecule is C(=C\c1cc[n+](Cc2ccncc2)cc1)/c1ccncc1. The summed E-state index contributed by atoms with van der Waals surface area (Å²) in [4.78, 5) is 8.04. The molecule has 3 heterocycles. The Bertz CT molecular complexity index is 704. The Balaban J connectivity index is 1.68. The van der Waals surface area contributed by atoms with Crippen molar-refractivity contribution in [3.8, 4) is 0 Å². The largest absolute Gasteiger partial charge is 0.265 e. The molecule has 3 rings (SSSR count). The van der Waals surface area contributed by atoms with E-state index in [0.29, 0.717) is 0 Å². The van der Waals surface area contributed by atoms with Crippen molar-refractivity contribution < 1.29 is 4.57 Å². The van der Waals surface area contributed by atoms with Crippen molar-refractivity contribution >= 4 is 12.2 Å². The number of aromatic nitrogens is 3. The van der Waals surface area contributed by atoms with Gasteiger partial charge in [0.05, 0.1) is 0 Å². The third kappa shape index (κ3) is 3.83. The second-order valence-electron chi connectivity index (χ2n) is 4.77. The van der Waals surface area contributed by atoms with Crippen molar-refractivity contribution in [2.24, 2.45) is 0 Å². The molecule has 0 bridgehead atoms. The molecule has 0 fully saturated rings. The van der Waals surface area contributed by atoms with E-state index >= 15 is 0 Å². The minimum atomic E-state index is 0.858. The van der Waals surface area contributed by atoms with Crippen LogP contribution in [0.25, 0.3) is 12.2 Å². The first kappa shape index (κ1) is 13.2. The number of hydrogen-bond acceptors (Lipinski definition) is 2. The highest BCUT2D eigenvalue weighted by molar-refractivity contribution is 5.68. The Labute approximate surface area is 124 Å². The van der Waals surface area contributed by atoms with Crippen LogP contribution in [-0.2, 0) is 6.54 Å². The van der Waals surface area contributed by atoms with Crippen LogP contribution >= 0.6 is 0 Å². The standard InChI is InChI=1S/C18H16N3/c1(16-3-9-19-10-4-16)2-17-7-13-21(14-8-17)15-18-5-11-20-12-6-18/h1-14H,15H2/q+1/b2-1+. The van der Waals surface area contributed by atoms with Crippen LogP contribution in [0.2, 0.25) is 0 Å². The Hall–Kier alpha value is -2.81. The number of rotatable bonds is 4. The molecule has 3 heteroatoms. The molecule has 21 heavy (non-hydrogen) atoms. The van der Waals surface area contributed by atoms with Crippen LogP contribution in [0.15, 0.2) is 73.6 Å². The zero-order valence-electron chi connectivity index (χ0n) is 11.6. The highest BCUT2D eigenvalue weighted by Gasteiger charge is 2.01. The van der Waals surface area contributed by atoms with Gasteiger partial charge < -0.3 is 0 Å². The van der Waals surface area contributed by atoms with E-state index in [2.05, 4.69) is 51.2 Å². The molecule has 0 amide bonds. The average Bonchev–Trinajstić information content (AvgIpc) is 2.56. The smallest absolute Gasteiger partial charge is 0.173 e. The zero-order valence-corrected chi connectivity index (χ0v) is 11.6. The molecule has 0 N–H and O–H groups in total. The second kappa shape index (κ2) is 6.57. The Kier molecular flexibility index (Phi) is 4.12. The van der Waals surface area contributed by atoms with Gasteiger partial charge in [0.2, 0.25) is 0 Å². The van der Waals surface area contributed by atoms with Gasteiger partial charge in [-0.25, -0.2) is 4.57 Å². The highest BCUT2D eigenvalue weighted by atomic mass is 14.9. The lowest BCUT2D eigenvalue weighted by atomic mass is 10.2. The van der Waals surface area contributed by atoms with Crippen molar-refractivity contribution in [2.75, 3.05) is 0 Å². The van der Waals surface area contributed by atoms with Crippen molar-refractivity contribution in [3.63, 3.8) is 0 Å². The summed E-state index contributed by atoms with van der Waals surface area (Å²) in [5.41, 5.74) is 3.58. The molecule has 102 valence electrons. The van der Waals surface area contributed by atoms with E-state index in [1.165, 1.54) is 11.1 Å². The van der Waals surface area contributed by atoms with Gasteiger partial charge >= 0.3 is 0 Å². The molecule has 0 spiro atoms. The van der Waals surface area contributed by atoms with E-state index in [4.69, 9.17) is 0 Å². The molecule has 0 radical (unpaired) electrons. The van der Waals surface area contributed by atoms with Gasteiger partial charge in [-0.3, -0.25) is 9.97 Å². The molecule has 0 aliphatic heterocycles. The van der Waals surface area contributed by atoms with Gasteiger partial charge in [-0.2, -0.15) is 0 Å². The van der Waals surface area contributed by atoms with Crippen LogP contribution in [0.5, 0.6) is 0 Å². The third-order valence-corrected chi connectivity index (χ3v) is 3.21. The fraction of sp³-hybridized carbons (Fsp3) is 0.0556. The first-order valence-electron chi connectivity index (χ1n) is 6.86. The van der Waals surface area contributed by atoms with Gasteiger partial charge in [-0.15, -0.1) is 0 Å². The highest BCUT2D eigenvalue weighted by Crippen LogP contribution is 2.05. The number of hydrogen-bond donors (Lipinski definition) is 0. The average molecular weight is 274 g/mol. The molecular formula is C18H16N3+. The summed E-state index contributed by atoms with van der Waals surface area (Å²) in [5, 5.41) is 0. The number of nitrogens with zero attached hydrogens (tertiary/aromatic N) is 3. The van der Waals surface area contributed by atoms with E-state index < -0.39 is 0 Å². The molecular weight excluding hydrogens is 258 g/mol. The van der Waals surface area contributed by atoms with Crippen LogP contribution in [-0.4, -0.2) is 9.97 Å². The lowest BCUT2D eigenvalue weighted by Gasteiger charge is -1.98. The summed E-state index contributed by atoms with van der Waals surface area (Å²) in [6.07, 6.45) is 15.6. The summed E-state index contributed by atoms with van der Waals surface area (Å²) in [6.45, 7) is 0.858. The van der Waals surface area contributed by atoms with E-state index in [0.717, 1.165) is 12.1 Å². The number of pyridine rings is 3. The maximum absolute atomic E-state index is 4.03. The van der Waals surface area contributed by atoms with Gasteiger partial charge in [-0.05, 0) is 35.4 Å². The molecule has 0 saturated carbocycles. The van der Waals surface area contributed by atoms with Crippen LogP contribution < -0.4 is 4.57 Å². The monoisotopic (exact) mass is 274 g/mol. The maximum Gasteiger partial charge on any atom is 0.173 e. The normalized spacial score (nSPS) is 10.9. The Morgan fingerprint density at radius 3 is 1.86 bits per heavy atom. The summed E-state index contributed by atoms with van der Waals surface area (Å²) in [6, 6.07) is 12.3. The first-order chi connectivity index (χ1) is 10.4. The van der Waals surface area contributed by atoms with Crippen molar-refractivity contribution in [2.45, 2.75) is 6.54 Å². The van der Waals surface area contributed by atoms with E-state index in [1.54, 1.807) is 12.4 Å². The van der Waals surface area contributed by atoms with Gasteiger partial charge in [0, 0.05) is 42.5 Å². The molecule has 3 aromatic heterocycles. The second-order valence-corrected chi connectivity index (χ2v) is 4.77. The summed E-state index contributed by atoms with van der Waals surface area (Å²) >= 11 is 0. The predicted molar refractivity (Wildman–Crippen MR) is 83.1 cm³/mol. The van der Waals surface area contributed by atoms with Crippen LogP contribution in [0.1, 0.15) is 16.7 Å². The van der Waals surface area contributed by atoms with Gasteiger partial charge in [-0.1, -0.05) is 12.2 Å². The first-order valence-corrected chi connectivity index (χ1v) is 6.86. The third-order valence-electron chi connectivity index (χ3n) is 3.21. The van der Waals surface area contributed by atoms with Gasteiger partial charge in [0.1, 0.15) is 0 Å². The maximum atomic E-state index is 4.03. The van der Waals surface area contributed by atoms with Crippen LogP contribution in [0.4, 0.5) is 0 Å². The van der Waals surface area contributed by atoms with E-state index in [1.807, 2.05) is 36.7 Å². The lowest BCUT2D eigenvalue weighted by molar-refractivity contribution is -0.688. The molecule has 0 unspecified atom stereocenters. The van der Waals surface area contributed by atoms with Crippen molar-refractivity contribution in [3.05, 3.63) is 90.3 Å². The summed E-state index contributed by atoms with van der Waals surface area (Å²) in [7, 11) is 0. The molecule has 0 atom stereocenters. The van der Waals surface area contributed by atoms with E-state index in [9.17, 15) is 0 Å². The Morgan fingerprint density at radius 2 is 1.24 bits per heavy atom. The quantitative estimate of drug-likeness (QED) is 0.685. The minimum absolute atomic E-state index is 0.858. The van der Waals surface area contributed by atoms with E-state index in [-0.39, 0.29) is 0 Å².